The summed E-state index contributed by atoms with van der Waals surface area (Å²) in [4.78, 5) is 10.5. The van der Waals surface area contributed by atoms with E-state index in [0.717, 1.165) is 12.8 Å². The lowest BCUT2D eigenvalue weighted by atomic mass is 9.59. The smallest absolute Gasteiger partial charge is 0.303 e. The van der Waals surface area contributed by atoms with Crippen LogP contribution in [0.4, 0.5) is 0 Å². The number of carbonyl (C=O) groups is 1. The Bertz CT molecular complexity index is 196. The summed E-state index contributed by atoms with van der Waals surface area (Å²) in [5.41, 5.74) is 0.676. The van der Waals surface area contributed by atoms with Crippen molar-refractivity contribution in [2.75, 3.05) is 0 Å². The van der Waals surface area contributed by atoms with Crippen molar-refractivity contribution in [1.82, 2.24) is 0 Å². The van der Waals surface area contributed by atoms with Crippen molar-refractivity contribution in [1.29, 1.82) is 0 Å². The molecule has 74 valence electrons. The summed E-state index contributed by atoms with van der Waals surface area (Å²) in [6.45, 7) is 0. The molecule has 2 fully saturated rings. The van der Waals surface area contributed by atoms with Crippen molar-refractivity contribution in [3.63, 3.8) is 0 Å². The van der Waals surface area contributed by atoms with E-state index in [1.165, 1.54) is 32.1 Å². The van der Waals surface area contributed by atoms with Crippen LogP contribution in [-0.4, -0.2) is 11.1 Å². The molecule has 2 rings (SSSR count). The third-order valence-corrected chi connectivity index (χ3v) is 4.04. The molecule has 1 spiro atoms. The maximum absolute atomic E-state index is 10.5. The zero-order valence-corrected chi connectivity index (χ0v) is 8.09. The molecule has 0 aromatic rings. The second-order valence-electron chi connectivity index (χ2n) is 4.89. The number of rotatable bonds is 2. The quantitative estimate of drug-likeness (QED) is 0.713. The summed E-state index contributed by atoms with van der Waals surface area (Å²) in [5, 5.41) is 8.67. The minimum absolute atomic E-state index is 0.399. The molecule has 0 aromatic heterocycles. The molecule has 2 saturated carbocycles. The van der Waals surface area contributed by atoms with E-state index in [0.29, 0.717) is 17.8 Å². The van der Waals surface area contributed by atoms with E-state index < -0.39 is 5.97 Å². The summed E-state index contributed by atoms with van der Waals surface area (Å²) in [6.07, 6.45) is 9.54. The standard InChI is InChI=1S/C11H18O2/c12-10(13)8-9-2-6-11(7-3-9)4-1-5-11/h9H,1-8H2,(H,12,13). The fourth-order valence-electron chi connectivity index (χ4n) is 2.92. The Morgan fingerprint density at radius 1 is 1.23 bits per heavy atom. The highest BCUT2D eigenvalue weighted by atomic mass is 16.4. The monoisotopic (exact) mass is 182 g/mol. The van der Waals surface area contributed by atoms with Gasteiger partial charge in [-0.1, -0.05) is 6.42 Å². The lowest BCUT2D eigenvalue weighted by molar-refractivity contribution is -0.138. The average Bonchev–Trinajstić information content (AvgIpc) is 2.02. The first kappa shape index (κ1) is 9.04. The zero-order valence-electron chi connectivity index (χ0n) is 8.09. The molecule has 0 radical (unpaired) electrons. The lowest BCUT2D eigenvalue weighted by Crippen LogP contribution is -2.34. The van der Waals surface area contributed by atoms with Gasteiger partial charge >= 0.3 is 5.97 Å². The summed E-state index contributed by atoms with van der Waals surface area (Å²) in [5.74, 6) is -0.140. The molecule has 2 heteroatoms. The fourth-order valence-corrected chi connectivity index (χ4v) is 2.92. The SMILES string of the molecule is O=C(O)CC1CCC2(CCC2)CC1. The summed E-state index contributed by atoms with van der Waals surface area (Å²) >= 11 is 0. The molecule has 0 aliphatic heterocycles. The van der Waals surface area contributed by atoms with Crippen LogP contribution in [0.1, 0.15) is 51.4 Å². The van der Waals surface area contributed by atoms with Crippen LogP contribution in [0.5, 0.6) is 0 Å². The van der Waals surface area contributed by atoms with Crippen LogP contribution in [0.2, 0.25) is 0 Å². The third-order valence-electron chi connectivity index (χ3n) is 4.04. The maximum Gasteiger partial charge on any atom is 0.303 e. The van der Waals surface area contributed by atoms with Gasteiger partial charge in [0.05, 0.1) is 0 Å². The van der Waals surface area contributed by atoms with E-state index in [-0.39, 0.29) is 0 Å². The van der Waals surface area contributed by atoms with Gasteiger partial charge in [-0.3, -0.25) is 4.79 Å². The minimum atomic E-state index is -0.616. The number of hydrogen-bond donors (Lipinski definition) is 1. The molecule has 0 heterocycles. The van der Waals surface area contributed by atoms with E-state index in [2.05, 4.69) is 0 Å². The largest absolute Gasteiger partial charge is 0.481 e. The molecule has 2 aliphatic rings. The van der Waals surface area contributed by atoms with E-state index in [4.69, 9.17) is 5.11 Å². The van der Waals surface area contributed by atoms with Gasteiger partial charge in [-0.15, -0.1) is 0 Å². The molecular formula is C11H18O2. The van der Waals surface area contributed by atoms with Gasteiger partial charge in [0.1, 0.15) is 0 Å². The molecule has 0 amide bonds. The van der Waals surface area contributed by atoms with Crippen molar-refractivity contribution in [3.05, 3.63) is 0 Å². The van der Waals surface area contributed by atoms with Crippen molar-refractivity contribution < 1.29 is 9.90 Å². The fraction of sp³-hybridized carbons (Fsp3) is 0.909. The van der Waals surface area contributed by atoms with Crippen LogP contribution in [0.15, 0.2) is 0 Å². The Hall–Kier alpha value is -0.530. The molecular weight excluding hydrogens is 164 g/mol. The van der Waals surface area contributed by atoms with Gasteiger partial charge in [-0.2, -0.15) is 0 Å². The molecule has 0 atom stereocenters. The number of carboxylic acid groups (broad SMARTS) is 1. The highest BCUT2D eigenvalue weighted by molar-refractivity contribution is 5.67. The number of carboxylic acids is 1. The average molecular weight is 182 g/mol. The van der Waals surface area contributed by atoms with Crippen LogP contribution in [-0.2, 0) is 4.79 Å². The maximum atomic E-state index is 10.5. The van der Waals surface area contributed by atoms with Gasteiger partial charge in [0, 0.05) is 6.42 Å². The Morgan fingerprint density at radius 2 is 1.85 bits per heavy atom. The first-order valence-electron chi connectivity index (χ1n) is 5.42. The molecule has 13 heavy (non-hydrogen) atoms. The second-order valence-corrected chi connectivity index (χ2v) is 4.89. The van der Waals surface area contributed by atoms with Crippen LogP contribution in [0, 0.1) is 11.3 Å². The predicted octanol–water partition coefficient (Wildman–Crippen LogP) is 2.82. The van der Waals surface area contributed by atoms with Crippen molar-refractivity contribution >= 4 is 5.97 Å². The van der Waals surface area contributed by atoms with Gasteiger partial charge in [-0.05, 0) is 49.9 Å². The van der Waals surface area contributed by atoms with Gasteiger partial charge in [0.2, 0.25) is 0 Å². The van der Waals surface area contributed by atoms with E-state index >= 15 is 0 Å². The highest BCUT2D eigenvalue weighted by Gasteiger charge is 2.40. The van der Waals surface area contributed by atoms with Crippen LogP contribution < -0.4 is 0 Å². The third kappa shape index (κ3) is 1.87. The molecule has 2 nitrogen and oxygen atoms in total. The van der Waals surface area contributed by atoms with Crippen molar-refractivity contribution in [2.24, 2.45) is 11.3 Å². The summed E-state index contributed by atoms with van der Waals surface area (Å²) < 4.78 is 0. The van der Waals surface area contributed by atoms with E-state index in [1.807, 2.05) is 0 Å². The van der Waals surface area contributed by atoms with Crippen molar-refractivity contribution in [2.45, 2.75) is 51.4 Å². The van der Waals surface area contributed by atoms with Crippen LogP contribution >= 0.6 is 0 Å². The van der Waals surface area contributed by atoms with Gasteiger partial charge in [0.25, 0.3) is 0 Å². The molecule has 0 saturated heterocycles. The first-order chi connectivity index (χ1) is 6.20. The zero-order chi connectivity index (χ0) is 9.31. The number of aliphatic carboxylic acids is 1. The summed E-state index contributed by atoms with van der Waals surface area (Å²) in [6, 6.07) is 0. The first-order valence-corrected chi connectivity index (χ1v) is 5.42. The summed E-state index contributed by atoms with van der Waals surface area (Å²) in [7, 11) is 0. The van der Waals surface area contributed by atoms with E-state index in [1.54, 1.807) is 0 Å². The van der Waals surface area contributed by atoms with Gasteiger partial charge < -0.3 is 5.11 Å². The predicted molar refractivity (Wildman–Crippen MR) is 50.5 cm³/mol. The Kier molecular flexibility index (Phi) is 2.31. The lowest BCUT2D eigenvalue weighted by Gasteiger charge is -2.46. The van der Waals surface area contributed by atoms with Gasteiger partial charge in [0.15, 0.2) is 0 Å². The minimum Gasteiger partial charge on any atom is -0.481 e. The van der Waals surface area contributed by atoms with E-state index in [9.17, 15) is 4.79 Å². The molecule has 0 bridgehead atoms. The normalized spacial score (nSPS) is 27.1. The van der Waals surface area contributed by atoms with Crippen LogP contribution in [0.25, 0.3) is 0 Å². The topological polar surface area (TPSA) is 37.3 Å². The molecule has 2 aliphatic carbocycles. The Morgan fingerprint density at radius 3 is 2.23 bits per heavy atom. The molecule has 0 aromatic carbocycles. The Labute approximate surface area is 79.3 Å². The second kappa shape index (κ2) is 3.32. The van der Waals surface area contributed by atoms with Crippen molar-refractivity contribution in [3.8, 4) is 0 Å². The molecule has 0 unspecified atom stereocenters. The molecule has 1 N–H and O–H groups in total. The highest BCUT2D eigenvalue weighted by Crippen LogP contribution is 2.52. The van der Waals surface area contributed by atoms with Gasteiger partial charge in [-0.25, -0.2) is 0 Å². The number of hydrogen-bond acceptors (Lipinski definition) is 1. The van der Waals surface area contributed by atoms with Crippen LogP contribution in [0.3, 0.4) is 0 Å². The Balaban J connectivity index is 1.79.